The van der Waals surface area contributed by atoms with Crippen molar-refractivity contribution in [1.82, 2.24) is 0 Å². The van der Waals surface area contributed by atoms with Crippen LogP contribution >= 0.6 is 0 Å². The summed E-state index contributed by atoms with van der Waals surface area (Å²) in [6.45, 7) is 7.85. The molecule has 1 aromatic carbocycles. The first kappa shape index (κ1) is 17.9. The number of Topliss-reactive ketones (excluding diaryl/α,β-unsaturated/α-hetero) is 1. The van der Waals surface area contributed by atoms with E-state index in [-0.39, 0.29) is 5.92 Å². The van der Waals surface area contributed by atoms with E-state index in [0.29, 0.717) is 18.3 Å². The van der Waals surface area contributed by atoms with E-state index in [1.54, 1.807) is 0 Å². The highest BCUT2D eigenvalue weighted by molar-refractivity contribution is 5.80. The molecule has 118 valence electrons. The van der Waals surface area contributed by atoms with Crippen LogP contribution in [-0.2, 0) is 16.1 Å². The summed E-state index contributed by atoms with van der Waals surface area (Å²) in [5.41, 5.74) is 1.22. The molecule has 0 radical (unpaired) electrons. The molecular weight excluding hydrogens is 260 g/mol. The van der Waals surface area contributed by atoms with Gasteiger partial charge < -0.3 is 4.74 Å². The van der Waals surface area contributed by atoms with Gasteiger partial charge in [0, 0.05) is 18.9 Å². The van der Waals surface area contributed by atoms with Crippen LogP contribution in [-0.4, -0.2) is 12.4 Å². The summed E-state index contributed by atoms with van der Waals surface area (Å²) in [5.74, 6) is 1.14. The highest BCUT2D eigenvalue weighted by Crippen LogP contribution is 2.18. The zero-order chi connectivity index (χ0) is 15.5. The molecule has 1 rings (SSSR count). The smallest absolute Gasteiger partial charge is 0.135 e. The Hall–Kier alpha value is -1.15. The summed E-state index contributed by atoms with van der Waals surface area (Å²) in [5, 5.41) is 0. The van der Waals surface area contributed by atoms with Gasteiger partial charge in [-0.1, -0.05) is 63.9 Å². The first-order valence-electron chi connectivity index (χ1n) is 8.29. The van der Waals surface area contributed by atoms with Gasteiger partial charge in [0.05, 0.1) is 6.61 Å². The fourth-order valence-electron chi connectivity index (χ4n) is 2.34. The van der Waals surface area contributed by atoms with Crippen LogP contribution in [0.4, 0.5) is 0 Å². The standard InChI is InChI=1S/C19H30O2/c1-4-16(2)17(3)19(20)13-9-6-10-14-21-15-18-11-7-5-8-12-18/h5,7-8,11-12,16-17H,4,6,9-10,13-15H2,1-3H3. The van der Waals surface area contributed by atoms with Crippen molar-refractivity contribution in [2.75, 3.05) is 6.61 Å². The Morgan fingerprint density at radius 2 is 1.81 bits per heavy atom. The molecule has 0 fully saturated rings. The van der Waals surface area contributed by atoms with Gasteiger partial charge in [0.15, 0.2) is 0 Å². The number of ether oxygens (including phenoxy) is 1. The van der Waals surface area contributed by atoms with E-state index >= 15 is 0 Å². The van der Waals surface area contributed by atoms with Gasteiger partial charge in [-0.25, -0.2) is 0 Å². The predicted molar refractivity (Wildman–Crippen MR) is 88.2 cm³/mol. The molecule has 2 nitrogen and oxygen atoms in total. The van der Waals surface area contributed by atoms with Crippen molar-refractivity contribution in [1.29, 1.82) is 0 Å². The molecule has 2 atom stereocenters. The van der Waals surface area contributed by atoms with Crippen LogP contribution in [0.3, 0.4) is 0 Å². The highest BCUT2D eigenvalue weighted by atomic mass is 16.5. The lowest BCUT2D eigenvalue weighted by Crippen LogP contribution is -2.18. The molecule has 0 aromatic heterocycles. The van der Waals surface area contributed by atoms with Crippen LogP contribution in [0.2, 0.25) is 0 Å². The highest BCUT2D eigenvalue weighted by Gasteiger charge is 2.17. The third-order valence-corrected chi connectivity index (χ3v) is 4.33. The Morgan fingerprint density at radius 3 is 2.48 bits per heavy atom. The lowest BCUT2D eigenvalue weighted by Gasteiger charge is -2.16. The third-order valence-electron chi connectivity index (χ3n) is 4.33. The molecule has 0 saturated carbocycles. The molecule has 0 aliphatic rings. The normalized spacial score (nSPS) is 13.9. The Balaban J connectivity index is 2.01. The number of rotatable bonds is 11. The molecule has 0 aliphatic heterocycles. The minimum atomic E-state index is 0.212. The van der Waals surface area contributed by atoms with Crippen molar-refractivity contribution in [3.8, 4) is 0 Å². The lowest BCUT2D eigenvalue weighted by atomic mass is 9.88. The van der Waals surface area contributed by atoms with Crippen molar-refractivity contribution in [3.05, 3.63) is 35.9 Å². The third kappa shape index (κ3) is 7.42. The van der Waals surface area contributed by atoms with Crippen LogP contribution in [0.1, 0.15) is 58.4 Å². The number of carbonyl (C=O) groups is 1. The number of ketones is 1. The molecule has 0 spiro atoms. The number of unbranched alkanes of at least 4 members (excludes halogenated alkanes) is 2. The quantitative estimate of drug-likeness (QED) is 0.535. The second-order valence-electron chi connectivity index (χ2n) is 5.99. The second kappa shape index (κ2) is 10.6. The molecule has 2 heteroatoms. The van der Waals surface area contributed by atoms with E-state index in [4.69, 9.17) is 4.74 Å². The largest absolute Gasteiger partial charge is 0.377 e. The Kier molecular flexibility index (Phi) is 9.00. The van der Waals surface area contributed by atoms with Gasteiger partial charge >= 0.3 is 0 Å². The van der Waals surface area contributed by atoms with Crippen LogP contribution in [0.15, 0.2) is 30.3 Å². The zero-order valence-electron chi connectivity index (χ0n) is 13.8. The molecule has 1 aromatic rings. The first-order chi connectivity index (χ1) is 10.1. The Bertz CT molecular complexity index is 386. The summed E-state index contributed by atoms with van der Waals surface area (Å²) in [7, 11) is 0. The lowest BCUT2D eigenvalue weighted by molar-refractivity contribution is -0.123. The molecule has 0 aliphatic carbocycles. The van der Waals surface area contributed by atoms with E-state index in [1.165, 1.54) is 5.56 Å². The topological polar surface area (TPSA) is 26.3 Å². The molecule has 0 N–H and O–H groups in total. The van der Waals surface area contributed by atoms with Crippen molar-refractivity contribution in [2.24, 2.45) is 11.8 Å². The van der Waals surface area contributed by atoms with Gasteiger partial charge in [-0.2, -0.15) is 0 Å². The molecule has 0 bridgehead atoms. The van der Waals surface area contributed by atoms with E-state index in [2.05, 4.69) is 32.9 Å². The van der Waals surface area contributed by atoms with Crippen LogP contribution in [0, 0.1) is 11.8 Å². The van der Waals surface area contributed by atoms with Crippen molar-refractivity contribution < 1.29 is 9.53 Å². The van der Waals surface area contributed by atoms with Crippen LogP contribution in [0.25, 0.3) is 0 Å². The summed E-state index contributed by atoms with van der Waals surface area (Å²) >= 11 is 0. The number of carbonyl (C=O) groups excluding carboxylic acids is 1. The predicted octanol–water partition coefficient (Wildman–Crippen LogP) is 5.01. The summed E-state index contributed by atoms with van der Waals surface area (Å²) in [4.78, 5) is 12.0. The molecule has 0 heterocycles. The van der Waals surface area contributed by atoms with E-state index in [1.807, 2.05) is 18.2 Å². The summed E-state index contributed by atoms with van der Waals surface area (Å²) in [6.07, 6.45) is 4.92. The monoisotopic (exact) mass is 290 g/mol. The van der Waals surface area contributed by atoms with Gasteiger partial charge in [0.1, 0.15) is 5.78 Å². The van der Waals surface area contributed by atoms with Gasteiger partial charge in [-0.05, 0) is 24.3 Å². The van der Waals surface area contributed by atoms with Gasteiger partial charge in [-0.3, -0.25) is 4.79 Å². The fraction of sp³-hybridized carbons (Fsp3) is 0.632. The first-order valence-corrected chi connectivity index (χ1v) is 8.29. The maximum Gasteiger partial charge on any atom is 0.135 e. The fourth-order valence-corrected chi connectivity index (χ4v) is 2.34. The molecule has 0 amide bonds. The molecule has 21 heavy (non-hydrogen) atoms. The minimum absolute atomic E-state index is 0.212. The van der Waals surface area contributed by atoms with Crippen molar-refractivity contribution in [3.63, 3.8) is 0 Å². The second-order valence-corrected chi connectivity index (χ2v) is 5.99. The van der Waals surface area contributed by atoms with Gasteiger partial charge in [0.25, 0.3) is 0 Å². The Labute approximate surface area is 129 Å². The summed E-state index contributed by atoms with van der Waals surface area (Å²) < 4.78 is 5.64. The van der Waals surface area contributed by atoms with E-state index in [0.717, 1.165) is 38.7 Å². The van der Waals surface area contributed by atoms with Crippen LogP contribution in [0.5, 0.6) is 0 Å². The van der Waals surface area contributed by atoms with Crippen molar-refractivity contribution in [2.45, 2.75) is 59.5 Å². The van der Waals surface area contributed by atoms with E-state index in [9.17, 15) is 4.79 Å². The summed E-state index contributed by atoms with van der Waals surface area (Å²) in [6, 6.07) is 10.2. The number of hydrogen-bond acceptors (Lipinski definition) is 2. The molecule has 0 saturated heterocycles. The van der Waals surface area contributed by atoms with Gasteiger partial charge in [0.2, 0.25) is 0 Å². The number of benzene rings is 1. The average molecular weight is 290 g/mol. The average Bonchev–Trinajstić information content (AvgIpc) is 2.53. The zero-order valence-corrected chi connectivity index (χ0v) is 13.8. The van der Waals surface area contributed by atoms with Crippen LogP contribution < -0.4 is 0 Å². The Morgan fingerprint density at radius 1 is 1.10 bits per heavy atom. The van der Waals surface area contributed by atoms with Gasteiger partial charge in [-0.15, -0.1) is 0 Å². The SMILES string of the molecule is CCC(C)C(C)C(=O)CCCCCOCc1ccccc1. The minimum Gasteiger partial charge on any atom is -0.377 e. The van der Waals surface area contributed by atoms with Crippen molar-refractivity contribution >= 4 is 5.78 Å². The van der Waals surface area contributed by atoms with E-state index < -0.39 is 0 Å². The molecular formula is C19H30O2. The maximum absolute atomic E-state index is 12.0. The number of hydrogen-bond donors (Lipinski definition) is 0. The molecule has 2 unspecified atom stereocenters. The maximum atomic E-state index is 12.0.